The first-order chi connectivity index (χ1) is 8.89. The van der Waals surface area contributed by atoms with Gasteiger partial charge in [0.2, 0.25) is 0 Å². The lowest BCUT2D eigenvalue weighted by atomic mass is 10.1. The van der Waals surface area contributed by atoms with Gasteiger partial charge in [0.1, 0.15) is 0 Å². The van der Waals surface area contributed by atoms with Crippen LogP contribution in [0.1, 0.15) is 24.8 Å². The lowest BCUT2D eigenvalue weighted by Crippen LogP contribution is -2.38. The Morgan fingerprint density at radius 3 is 2.21 bits per heavy atom. The van der Waals surface area contributed by atoms with E-state index in [1.165, 1.54) is 56.0 Å². The number of hydrogen-bond donors (Lipinski definition) is 0. The molecule has 0 aliphatic carbocycles. The number of benzene rings is 1. The van der Waals surface area contributed by atoms with Gasteiger partial charge in [-0.25, -0.2) is 0 Å². The van der Waals surface area contributed by atoms with Gasteiger partial charge in [0.15, 0.2) is 0 Å². The minimum atomic E-state index is 0. The van der Waals surface area contributed by atoms with Crippen LogP contribution in [0.5, 0.6) is 0 Å². The zero-order valence-corrected chi connectivity index (χ0v) is 13.7. The number of nitrogens with zero attached hydrogens (tertiary/aromatic N) is 1. The van der Waals surface area contributed by atoms with E-state index in [1.54, 1.807) is 0 Å². The predicted octanol–water partition coefficient (Wildman–Crippen LogP) is 4.23. The van der Waals surface area contributed by atoms with E-state index in [2.05, 4.69) is 58.8 Å². The molecule has 0 atom stereocenters. The summed E-state index contributed by atoms with van der Waals surface area (Å²) in [5, 5.41) is 0. The largest absolute Gasteiger partial charge is 0.301 e. The maximum Gasteiger partial charge on any atom is 0.0987 e. The van der Waals surface area contributed by atoms with Crippen LogP contribution in [0.25, 0.3) is 0 Å². The average molecular weight is 316 g/mol. The molecule has 3 rings (SSSR count). The fraction of sp³-hybridized carbons (Fsp3) is 0.600. The number of thioether (sulfide) groups is 2. The van der Waals surface area contributed by atoms with Crippen molar-refractivity contribution in [3.05, 3.63) is 35.9 Å². The first-order valence-corrected chi connectivity index (χ1v) is 8.92. The summed E-state index contributed by atoms with van der Waals surface area (Å²) in [7, 11) is 0. The van der Waals surface area contributed by atoms with Crippen LogP contribution < -0.4 is 0 Å². The normalized spacial score (nSPS) is 22.9. The summed E-state index contributed by atoms with van der Waals surface area (Å²) < 4.78 is 0.304. The van der Waals surface area contributed by atoms with E-state index < -0.39 is 0 Å². The van der Waals surface area contributed by atoms with Crippen LogP contribution in [-0.4, -0.2) is 36.0 Å². The highest BCUT2D eigenvalue weighted by molar-refractivity contribution is 8.20. The Hall–Kier alpha value is 0.170. The zero-order valence-electron chi connectivity index (χ0n) is 11.2. The van der Waals surface area contributed by atoms with Gasteiger partial charge in [-0.2, -0.15) is 0 Å². The highest BCUT2D eigenvalue weighted by atomic mass is 35.5. The zero-order chi connectivity index (χ0) is 12.3. The fourth-order valence-electron chi connectivity index (χ4n) is 2.91. The molecule has 0 aromatic heterocycles. The molecule has 0 unspecified atom stereocenters. The summed E-state index contributed by atoms with van der Waals surface area (Å²) in [5.41, 5.74) is 1.52. The molecule has 0 amide bonds. The summed E-state index contributed by atoms with van der Waals surface area (Å²) in [5.74, 6) is 2.60. The molecular formula is C15H22ClNS2. The van der Waals surface area contributed by atoms with Crippen molar-refractivity contribution in [1.29, 1.82) is 0 Å². The van der Waals surface area contributed by atoms with Crippen LogP contribution in [-0.2, 0) is 4.08 Å². The molecule has 2 fully saturated rings. The van der Waals surface area contributed by atoms with Gasteiger partial charge in [-0.05, 0) is 31.5 Å². The summed E-state index contributed by atoms with van der Waals surface area (Å²) in [6.45, 7) is 3.83. The second kappa shape index (κ2) is 7.26. The van der Waals surface area contributed by atoms with Crippen LogP contribution >= 0.6 is 35.9 Å². The van der Waals surface area contributed by atoms with Crippen molar-refractivity contribution >= 4 is 35.9 Å². The van der Waals surface area contributed by atoms with Gasteiger partial charge in [0, 0.05) is 18.1 Å². The van der Waals surface area contributed by atoms with Crippen LogP contribution in [0.15, 0.2) is 30.3 Å². The van der Waals surface area contributed by atoms with Crippen molar-refractivity contribution in [2.75, 3.05) is 31.1 Å². The van der Waals surface area contributed by atoms with Gasteiger partial charge in [-0.15, -0.1) is 35.9 Å². The Kier molecular flexibility index (Phi) is 5.94. The van der Waals surface area contributed by atoms with Gasteiger partial charge in [-0.3, -0.25) is 0 Å². The van der Waals surface area contributed by atoms with Crippen molar-refractivity contribution in [3.8, 4) is 0 Å². The quantitative estimate of drug-likeness (QED) is 0.822. The first kappa shape index (κ1) is 15.6. The molecule has 0 radical (unpaired) electrons. The Balaban J connectivity index is 0.00000133. The van der Waals surface area contributed by atoms with Crippen molar-refractivity contribution in [3.63, 3.8) is 0 Å². The third-order valence-corrected chi connectivity index (χ3v) is 7.29. The molecule has 0 saturated carbocycles. The van der Waals surface area contributed by atoms with E-state index in [9.17, 15) is 0 Å². The third-order valence-electron chi connectivity index (χ3n) is 3.85. The summed E-state index contributed by atoms with van der Waals surface area (Å²) in [4.78, 5) is 2.68. The lowest BCUT2D eigenvalue weighted by Gasteiger charge is -2.36. The molecule has 4 heteroatoms. The van der Waals surface area contributed by atoms with Gasteiger partial charge in [-0.1, -0.05) is 36.8 Å². The topological polar surface area (TPSA) is 3.24 Å². The van der Waals surface area contributed by atoms with E-state index in [1.807, 2.05) is 0 Å². The van der Waals surface area contributed by atoms with Gasteiger partial charge < -0.3 is 4.90 Å². The molecule has 2 heterocycles. The van der Waals surface area contributed by atoms with Crippen molar-refractivity contribution in [1.82, 2.24) is 4.90 Å². The lowest BCUT2D eigenvalue weighted by molar-refractivity contribution is 0.225. The Morgan fingerprint density at radius 1 is 0.947 bits per heavy atom. The predicted molar refractivity (Wildman–Crippen MR) is 90.6 cm³/mol. The molecule has 2 aliphatic heterocycles. The smallest absolute Gasteiger partial charge is 0.0987 e. The molecule has 1 nitrogen and oxygen atoms in total. The SMILES string of the molecule is Cl.c1ccc(C2(CN3CCCCC3)SCCS2)cc1. The molecule has 106 valence electrons. The minimum Gasteiger partial charge on any atom is -0.301 e. The standard InChI is InChI=1S/C15H21NS2.ClH/c1-3-7-14(8-4-1)15(17-11-12-18-15)13-16-9-5-2-6-10-16;/h1,3-4,7-8H,2,5-6,9-13H2;1H. The van der Waals surface area contributed by atoms with Crippen molar-refractivity contribution in [2.24, 2.45) is 0 Å². The first-order valence-electron chi connectivity index (χ1n) is 6.95. The molecule has 1 aromatic rings. The number of halogens is 1. The van der Waals surface area contributed by atoms with Crippen LogP contribution in [0.3, 0.4) is 0 Å². The van der Waals surface area contributed by atoms with E-state index in [0.29, 0.717) is 4.08 Å². The number of piperidine rings is 1. The van der Waals surface area contributed by atoms with E-state index in [0.717, 1.165) is 0 Å². The van der Waals surface area contributed by atoms with Crippen molar-refractivity contribution < 1.29 is 0 Å². The minimum absolute atomic E-state index is 0. The van der Waals surface area contributed by atoms with Crippen LogP contribution in [0.4, 0.5) is 0 Å². The Labute approximate surface area is 131 Å². The summed E-state index contributed by atoms with van der Waals surface area (Å²) in [6.07, 6.45) is 4.20. The molecule has 2 saturated heterocycles. The number of hydrogen-bond acceptors (Lipinski definition) is 3. The molecule has 0 N–H and O–H groups in total. The molecule has 1 aromatic carbocycles. The number of likely N-dealkylation sites (tertiary alicyclic amines) is 1. The Morgan fingerprint density at radius 2 is 1.58 bits per heavy atom. The molecule has 0 spiro atoms. The molecule has 2 aliphatic rings. The molecular weight excluding hydrogens is 294 g/mol. The van der Waals surface area contributed by atoms with Crippen LogP contribution in [0.2, 0.25) is 0 Å². The van der Waals surface area contributed by atoms with E-state index >= 15 is 0 Å². The number of rotatable bonds is 3. The summed E-state index contributed by atoms with van der Waals surface area (Å²) >= 11 is 4.32. The Bertz CT molecular complexity index is 373. The average Bonchev–Trinajstić information content (AvgIpc) is 2.91. The maximum atomic E-state index is 2.68. The second-order valence-electron chi connectivity index (χ2n) is 5.15. The monoisotopic (exact) mass is 315 g/mol. The maximum absolute atomic E-state index is 2.68. The van der Waals surface area contributed by atoms with Crippen LogP contribution in [0, 0.1) is 0 Å². The summed E-state index contributed by atoms with van der Waals surface area (Å²) in [6, 6.07) is 11.1. The van der Waals surface area contributed by atoms with Gasteiger partial charge in [0.05, 0.1) is 4.08 Å². The van der Waals surface area contributed by atoms with E-state index in [4.69, 9.17) is 0 Å². The highest BCUT2D eigenvalue weighted by Crippen LogP contribution is 2.52. The van der Waals surface area contributed by atoms with Gasteiger partial charge in [0.25, 0.3) is 0 Å². The second-order valence-corrected chi connectivity index (χ2v) is 8.20. The molecule has 19 heavy (non-hydrogen) atoms. The third kappa shape index (κ3) is 3.63. The van der Waals surface area contributed by atoms with E-state index in [-0.39, 0.29) is 12.4 Å². The fourth-order valence-corrected chi connectivity index (χ4v) is 6.22. The highest BCUT2D eigenvalue weighted by Gasteiger charge is 2.39. The molecule has 0 bridgehead atoms. The van der Waals surface area contributed by atoms with Gasteiger partial charge >= 0.3 is 0 Å². The van der Waals surface area contributed by atoms with Crippen molar-refractivity contribution in [2.45, 2.75) is 23.3 Å².